The van der Waals surface area contributed by atoms with E-state index in [-0.39, 0.29) is 0 Å². The number of hydrogen-bond acceptors (Lipinski definition) is 2. The number of carbonyl (C=O) groups is 1. The van der Waals surface area contributed by atoms with Crippen LogP contribution in [0.25, 0.3) is 0 Å². The van der Waals surface area contributed by atoms with Crippen molar-refractivity contribution in [3.05, 3.63) is 12.7 Å². The van der Waals surface area contributed by atoms with Gasteiger partial charge in [-0.15, -0.1) is 6.58 Å². The number of rotatable bonds is 5. The fourth-order valence-electron chi connectivity index (χ4n) is 2.53. The van der Waals surface area contributed by atoms with E-state index in [1.807, 2.05) is 0 Å². The Morgan fingerprint density at radius 3 is 2.50 bits per heavy atom. The second-order valence-electron chi connectivity index (χ2n) is 5.14. The van der Waals surface area contributed by atoms with E-state index in [9.17, 15) is 9.90 Å². The predicted octanol–water partition coefficient (Wildman–Crippen LogP) is 2.43. The van der Waals surface area contributed by atoms with E-state index >= 15 is 0 Å². The molecule has 0 saturated heterocycles. The molecule has 1 aliphatic carbocycles. The summed E-state index contributed by atoms with van der Waals surface area (Å²) in [6.07, 6.45) is 5.21. The molecule has 1 rings (SSSR count). The van der Waals surface area contributed by atoms with Crippen LogP contribution in [0.15, 0.2) is 12.7 Å². The SMILES string of the molecule is C=CCNC1(C(=O)O)CCC(C(C)C)CC1. The van der Waals surface area contributed by atoms with Crippen LogP contribution in [-0.4, -0.2) is 23.2 Å². The Bertz CT molecular complexity index is 253. The van der Waals surface area contributed by atoms with Crippen LogP contribution in [0.1, 0.15) is 39.5 Å². The first-order valence-electron chi connectivity index (χ1n) is 6.11. The highest BCUT2D eigenvalue weighted by atomic mass is 16.4. The van der Waals surface area contributed by atoms with Gasteiger partial charge in [0.25, 0.3) is 0 Å². The first-order valence-corrected chi connectivity index (χ1v) is 6.11. The molecule has 0 aliphatic heterocycles. The number of carboxylic acid groups (broad SMARTS) is 1. The molecule has 0 spiro atoms. The van der Waals surface area contributed by atoms with E-state index in [0.29, 0.717) is 18.4 Å². The average molecular weight is 225 g/mol. The summed E-state index contributed by atoms with van der Waals surface area (Å²) in [6, 6.07) is 0. The number of aliphatic carboxylic acids is 1. The third-order valence-corrected chi connectivity index (χ3v) is 3.82. The van der Waals surface area contributed by atoms with Crippen molar-refractivity contribution in [1.82, 2.24) is 5.32 Å². The van der Waals surface area contributed by atoms with Crippen molar-refractivity contribution < 1.29 is 9.90 Å². The van der Waals surface area contributed by atoms with Gasteiger partial charge in [0.05, 0.1) is 0 Å². The molecular weight excluding hydrogens is 202 g/mol. The van der Waals surface area contributed by atoms with Crippen LogP contribution in [0.3, 0.4) is 0 Å². The zero-order valence-corrected chi connectivity index (χ0v) is 10.3. The van der Waals surface area contributed by atoms with Gasteiger partial charge in [0.15, 0.2) is 0 Å². The van der Waals surface area contributed by atoms with Gasteiger partial charge in [-0.25, -0.2) is 0 Å². The van der Waals surface area contributed by atoms with Gasteiger partial charge in [-0.05, 0) is 37.5 Å². The Morgan fingerprint density at radius 1 is 1.56 bits per heavy atom. The van der Waals surface area contributed by atoms with E-state index in [2.05, 4.69) is 25.7 Å². The van der Waals surface area contributed by atoms with Crippen LogP contribution in [0.4, 0.5) is 0 Å². The van der Waals surface area contributed by atoms with Crippen LogP contribution in [0.2, 0.25) is 0 Å². The van der Waals surface area contributed by atoms with E-state index in [0.717, 1.165) is 25.7 Å². The van der Waals surface area contributed by atoms with E-state index in [4.69, 9.17) is 0 Å². The largest absolute Gasteiger partial charge is 0.480 e. The lowest BCUT2D eigenvalue weighted by Gasteiger charge is -2.38. The zero-order chi connectivity index (χ0) is 12.2. The van der Waals surface area contributed by atoms with E-state index in [1.54, 1.807) is 6.08 Å². The van der Waals surface area contributed by atoms with Gasteiger partial charge < -0.3 is 5.11 Å². The van der Waals surface area contributed by atoms with Crippen molar-refractivity contribution in [3.8, 4) is 0 Å². The maximum atomic E-state index is 11.4. The third-order valence-electron chi connectivity index (χ3n) is 3.82. The zero-order valence-electron chi connectivity index (χ0n) is 10.3. The molecule has 3 heteroatoms. The minimum atomic E-state index is -0.712. The van der Waals surface area contributed by atoms with Crippen molar-refractivity contribution in [3.63, 3.8) is 0 Å². The highest BCUT2D eigenvalue weighted by Gasteiger charge is 2.41. The van der Waals surface area contributed by atoms with Crippen LogP contribution in [0, 0.1) is 11.8 Å². The fourth-order valence-corrected chi connectivity index (χ4v) is 2.53. The number of nitrogens with one attached hydrogen (secondary N) is 1. The van der Waals surface area contributed by atoms with E-state index < -0.39 is 11.5 Å². The fraction of sp³-hybridized carbons (Fsp3) is 0.769. The van der Waals surface area contributed by atoms with E-state index in [1.165, 1.54) is 0 Å². The molecule has 2 N–H and O–H groups in total. The standard InChI is InChI=1S/C13H23NO2/c1-4-9-14-13(12(15)16)7-5-11(6-8-13)10(2)3/h4,10-11,14H,1,5-9H2,2-3H3,(H,15,16). The Hall–Kier alpha value is -0.830. The van der Waals surface area contributed by atoms with Crippen molar-refractivity contribution in [2.75, 3.05) is 6.54 Å². The van der Waals surface area contributed by atoms with Crippen LogP contribution in [0.5, 0.6) is 0 Å². The first-order chi connectivity index (χ1) is 7.52. The summed E-state index contributed by atoms with van der Waals surface area (Å²) < 4.78 is 0. The first kappa shape index (κ1) is 13.2. The molecule has 1 fully saturated rings. The van der Waals surface area contributed by atoms with Crippen molar-refractivity contribution in [1.29, 1.82) is 0 Å². The molecule has 1 aliphatic rings. The number of carboxylic acids is 1. The molecule has 92 valence electrons. The van der Waals surface area contributed by atoms with Crippen LogP contribution in [-0.2, 0) is 4.79 Å². The molecule has 1 saturated carbocycles. The summed E-state index contributed by atoms with van der Waals surface area (Å²) in [5, 5.41) is 12.5. The molecule has 3 nitrogen and oxygen atoms in total. The molecule has 16 heavy (non-hydrogen) atoms. The molecule has 0 radical (unpaired) electrons. The summed E-state index contributed by atoms with van der Waals surface area (Å²) in [4.78, 5) is 11.4. The van der Waals surface area contributed by atoms with Crippen LogP contribution >= 0.6 is 0 Å². The highest BCUT2D eigenvalue weighted by Crippen LogP contribution is 2.35. The Morgan fingerprint density at radius 2 is 2.12 bits per heavy atom. The molecule has 0 bridgehead atoms. The quantitative estimate of drug-likeness (QED) is 0.706. The molecular formula is C13H23NO2. The lowest BCUT2D eigenvalue weighted by Crippen LogP contribution is -2.54. The molecule has 0 aromatic heterocycles. The van der Waals surface area contributed by atoms with Crippen molar-refractivity contribution in [2.24, 2.45) is 11.8 Å². The average Bonchev–Trinajstić information content (AvgIpc) is 2.26. The minimum Gasteiger partial charge on any atom is -0.480 e. The summed E-state index contributed by atoms with van der Waals surface area (Å²) in [5.74, 6) is 0.626. The monoisotopic (exact) mass is 225 g/mol. The van der Waals surface area contributed by atoms with Crippen molar-refractivity contribution in [2.45, 2.75) is 45.1 Å². The second kappa shape index (κ2) is 5.48. The molecule has 0 amide bonds. The van der Waals surface area contributed by atoms with Crippen LogP contribution < -0.4 is 5.32 Å². The van der Waals surface area contributed by atoms with Crippen molar-refractivity contribution >= 4 is 5.97 Å². The normalized spacial score (nSPS) is 30.3. The second-order valence-corrected chi connectivity index (χ2v) is 5.14. The van der Waals surface area contributed by atoms with Gasteiger partial charge in [-0.2, -0.15) is 0 Å². The van der Waals surface area contributed by atoms with Gasteiger partial charge >= 0.3 is 5.97 Å². The molecule has 0 aromatic rings. The minimum absolute atomic E-state index is 0.568. The highest BCUT2D eigenvalue weighted by molar-refractivity contribution is 5.79. The lowest BCUT2D eigenvalue weighted by molar-refractivity contribution is -0.146. The maximum absolute atomic E-state index is 11.4. The number of hydrogen-bond donors (Lipinski definition) is 2. The Kier molecular flexibility index (Phi) is 4.54. The maximum Gasteiger partial charge on any atom is 0.323 e. The third kappa shape index (κ3) is 2.85. The van der Waals surface area contributed by atoms with Gasteiger partial charge in [0, 0.05) is 6.54 Å². The molecule has 0 atom stereocenters. The van der Waals surface area contributed by atoms with Gasteiger partial charge in [0.2, 0.25) is 0 Å². The molecule has 0 unspecified atom stereocenters. The summed E-state index contributed by atoms with van der Waals surface area (Å²) >= 11 is 0. The smallest absolute Gasteiger partial charge is 0.323 e. The van der Waals surface area contributed by atoms with Gasteiger partial charge in [0.1, 0.15) is 5.54 Å². The lowest BCUT2D eigenvalue weighted by atomic mass is 9.73. The topological polar surface area (TPSA) is 49.3 Å². The molecule has 0 heterocycles. The summed E-state index contributed by atoms with van der Waals surface area (Å²) in [7, 11) is 0. The van der Waals surface area contributed by atoms with Gasteiger partial charge in [-0.1, -0.05) is 19.9 Å². The summed E-state index contributed by atoms with van der Waals surface area (Å²) in [6.45, 7) is 8.63. The summed E-state index contributed by atoms with van der Waals surface area (Å²) in [5.41, 5.74) is -0.709. The Labute approximate surface area is 97.9 Å². The van der Waals surface area contributed by atoms with Gasteiger partial charge in [-0.3, -0.25) is 10.1 Å². The molecule has 0 aromatic carbocycles. The predicted molar refractivity (Wildman–Crippen MR) is 65.4 cm³/mol. The Balaban J connectivity index is 2.62.